The van der Waals surface area contributed by atoms with Crippen molar-refractivity contribution in [3.63, 3.8) is 0 Å². The molecule has 0 radical (unpaired) electrons. The summed E-state index contributed by atoms with van der Waals surface area (Å²) in [7, 11) is 0. The summed E-state index contributed by atoms with van der Waals surface area (Å²) in [5, 5.41) is 3.36. The Morgan fingerprint density at radius 2 is 1.91 bits per heavy atom. The molecule has 0 amide bonds. The smallest absolute Gasteiger partial charge is 0.220 e. The summed E-state index contributed by atoms with van der Waals surface area (Å²) in [4.78, 5) is 11.0. The van der Waals surface area contributed by atoms with Gasteiger partial charge in [0.2, 0.25) is 11.9 Å². The van der Waals surface area contributed by atoms with Gasteiger partial charge in [0.15, 0.2) is 0 Å². The zero-order chi connectivity index (χ0) is 15.2. The minimum absolute atomic E-state index is 0.299. The van der Waals surface area contributed by atoms with Crippen LogP contribution in [-0.2, 0) is 0 Å². The molecule has 1 aromatic carbocycles. The number of anilines is 1. The number of fused-ring (bicyclic) bond motifs is 1. The molecule has 1 aromatic heterocycles. The van der Waals surface area contributed by atoms with Gasteiger partial charge in [0.05, 0.1) is 0 Å². The summed E-state index contributed by atoms with van der Waals surface area (Å²) in [6.45, 7) is 0. The minimum atomic E-state index is -0.362. The molecule has 2 aliphatic rings. The SMILES string of the molecule is NC1=NC2(CCCCC2)N(c2ccc3ccsc3c2)C(N)=N1. The molecule has 0 unspecified atom stereocenters. The first kappa shape index (κ1) is 13.6. The molecule has 0 saturated heterocycles. The molecule has 0 bridgehead atoms. The second kappa shape index (κ2) is 4.98. The van der Waals surface area contributed by atoms with Crippen LogP contribution in [0, 0.1) is 0 Å². The minimum Gasteiger partial charge on any atom is -0.369 e. The highest BCUT2D eigenvalue weighted by molar-refractivity contribution is 7.17. The average Bonchev–Trinajstić information content (AvgIpc) is 2.94. The Morgan fingerprint density at radius 3 is 2.73 bits per heavy atom. The highest BCUT2D eigenvalue weighted by atomic mass is 32.1. The molecule has 1 saturated carbocycles. The zero-order valence-electron chi connectivity index (χ0n) is 12.3. The van der Waals surface area contributed by atoms with Crippen LogP contribution in [0.5, 0.6) is 0 Å². The van der Waals surface area contributed by atoms with Gasteiger partial charge >= 0.3 is 0 Å². The van der Waals surface area contributed by atoms with Gasteiger partial charge in [-0.2, -0.15) is 4.99 Å². The van der Waals surface area contributed by atoms with Crippen LogP contribution in [0.3, 0.4) is 0 Å². The van der Waals surface area contributed by atoms with Gasteiger partial charge in [0.25, 0.3) is 0 Å². The van der Waals surface area contributed by atoms with E-state index in [2.05, 4.69) is 39.5 Å². The molecule has 0 atom stereocenters. The third-order valence-electron chi connectivity index (χ3n) is 4.55. The van der Waals surface area contributed by atoms with E-state index in [1.165, 1.54) is 16.5 Å². The van der Waals surface area contributed by atoms with E-state index < -0.39 is 0 Å². The van der Waals surface area contributed by atoms with E-state index in [-0.39, 0.29) is 5.66 Å². The van der Waals surface area contributed by atoms with E-state index in [4.69, 9.17) is 16.5 Å². The predicted octanol–water partition coefficient (Wildman–Crippen LogP) is 3.01. The van der Waals surface area contributed by atoms with Gasteiger partial charge in [-0.05, 0) is 54.6 Å². The van der Waals surface area contributed by atoms with Crippen molar-refractivity contribution in [3.05, 3.63) is 29.6 Å². The Kier molecular flexibility index (Phi) is 3.07. The van der Waals surface area contributed by atoms with Crippen LogP contribution in [0.25, 0.3) is 10.1 Å². The fourth-order valence-electron chi connectivity index (χ4n) is 3.58. The van der Waals surface area contributed by atoms with Crippen molar-refractivity contribution in [1.82, 2.24) is 0 Å². The molecule has 1 aliphatic carbocycles. The van der Waals surface area contributed by atoms with Crippen LogP contribution in [0.2, 0.25) is 0 Å². The Morgan fingerprint density at radius 1 is 1.09 bits per heavy atom. The summed E-state index contributed by atoms with van der Waals surface area (Å²) in [6, 6.07) is 8.54. The average molecular weight is 313 g/mol. The topological polar surface area (TPSA) is 80.0 Å². The highest BCUT2D eigenvalue weighted by Gasteiger charge is 2.42. The number of thiophene rings is 1. The lowest BCUT2D eigenvalue weighted by atomic mass is 9.87. The van der Waals surface area contributed by atoms with E-state index >= 15 is 0 Å². The summed E-state index contributed by atoms with van der Waals surface area (Å²) in [5.41, 5.74) is 12.8. The summed E-state index contributed by atoms with van der Waals surface area (Å²) < 4.78 is 1.25. The van der Waals surface area contributed by atoms with Crippen molar-refractivity contribution >= 4 is 39.0 Å². The summed E-state index contributed by atoms with van der Waals surface area (Å²) >= 11 is 1.73. The van der Waals surface area contributed by atoms with Gasteiger partial charge < -0.3 is 11.5 Å². The fraction of sp³-hybridized carbons (Fsp3) is 0.375. The fourth-order valence-corrected chi connectivity index (χ4v) is 4.40. The third kappa shape index (κ3) is 2.06. The molecular weight excluding hydrogens is 294 g/mol. The molecule has 22 heavy (non-hydrogen) atoms. The Labute approximate surface area is 133 Å². The van der Waals surface area contributed by atoms with Gasteiger partial charge in [-0.1, -0.05) is 12.5 Å². The molecule has 4 rings (SSSR count). The van der Waals surface area contributed by atoms with Crippen molar-refractivity contribution in [3.8, 4) is 0 Å². The van der Waals surface area contributed by atoms with E-state index in [9.17, 15) is 0 Å². The maximum absolute atomic E-state index is 6.24. The molecule has 2 heterocycles. The molecule has 1 fully saturated rings. The van der Waals surface area contributed by atoms with Gasteiger partial charge in [-0.3, -0.25) is 4.90 Å². The first-order valence-electron chi connectivity index (χ1n) is 7.65. The zero-order valence-corrected chi connectivity index (χ0v) is 13.1. The van der Waals surface area contributed by atoms with Crippen molar-refractivity contribution < 1.29 is 0 Å². The second-order valence-corrected chi connectivity index (χ2v) is 6.91. The number of rotatable bonds is 1. The van der Waals surface area contributed by atoms with E-state index in [1.54, 1.807) is 11.3 Å². The molecule has 4 N–H and O–H groups in total. The maximum Gasteiger partial charge on any atom is 0.220 e. The highest BCUT2D eigenvalue weighted by Crippen LogP contribution is 2.40. The second-order valence-electron chi connectivity index (χ2n) is 5.96. The first-order chi connectivity index (χ1) is 10.7. The predicted molar refractivity (Wildman–Crippen MR) is 93.4 cm³/mol. The van der Waals surface area contributed by atoms with Crippen LogP contribution in [0.15, 0.2) is 39.6 Å². The largest absolute Gasteiger partial charge is 0.369 e. The summed E-state index contributed by atoms with van der Waals surface area (Å²) in [6.07, 6.45) is 5.45. The molecule has 114 valence electrons. The van der Waals surface area contributed by atoms with Crippen LogP contribution in [0.4, 0.5) is 5.69 Å². The number of nitrogens with two attached hydrogens (primary N) is 2. The number of guanidine groups is 2. The monoisotopic (exact) mass is 313 g/mol. The van der Waals surface area contributed by atoms with Crippen LogP contribution < -0.4 is 16.4 Å². The van der Waals surface area contributed by atoms with Crippen molar-refractivity contribution in [2.75, 3.05) is 4.90 Å². The Balaban J connectivity index is 1.84. The van der Waals surface area contributed by atoms with Crippen molar-refractivity contribution in [2.24, 2.45) is 21.5 Å². The van der Waals surface area contributed by atoms with Gasteiger partial charge in [0.1, 0.15) is 5.66 Å². The van der Waals surface area contributed by atoms with Crippen LogP contribution >= 0.6 is 11.3 Å². The molecule has 1 aliphatic heterocycles. The lowest BCUT2D eigenvalue weighted by Crippen LogP contribution is -2.58. The number of benzene rings is 1. The van der Waals surface area contributed by atoms with Gasteiger partial charge in [-0.15, -0.1) is 11.3 Å². The lowest BCUT2D eigenvalue weighted by Gasteiger charge is -2.45. The van der Waals surface area contributed by atoms with Crippen LogP contribution in [-0.4, -0.2) is 17.6 Å². The molecule has 1 spiro atoms. The molecule has 2 aromatic rings. The van der Waals surface area contributed by atoms with Gasteiger partial charge in [0, 0.05) is 10.4 Å². The summed E-state index contributed by atoms with van der Waals surface area (Å²) in [5.74, 6) is 0.748. The molecule has 6 heteroatoms. The van der Waals surface area contributed by atoms with Gasteiger partial charge in [-0.25, -0.2) is 4.99 Å². The maximum atomic E-state index is 6.24. The number of hydrogen-bond acceptors (Lipinski definition) is 6. The quantitative estimate of drug-likeness (QED) is 0.849. The number of aliphatic imine (C=N–C) groups is 2. The molecular formula is C16H19N5S. The molecule has 5 nitrogen and oxygen atoms in total. The van der Waals surface area contributed by atoms with E-state index in [0.717, 1.165) is 31.4 Å². The Hall–Kier alpha value is -2.08. The first-order valence-corrected chi connectivity index (χ1v) is 8.53. The van der Waals surface area contributed by atoms with Crippen molar-refractivity contribution in [1.29, 1.82) is 0 Å². The number of hydrogen-bond donors (Lipinski definition) is 2. The van der Waals surface area contributed by atoms with Crippen LogP contribution in [0.1, 0.15) is 32.1 Å². The number of nitrogens with zero attached hydrogens (tertiary/aromatic N) is 3. The third-order valence-corrected chi connectivity index (χ3v) is 5.43. The normalized spacial score (nSPS) is 21.0. The Bertz CT molecular complexity index is 770. The van der Waals surface area contributed by atoms with E-state index in [0.29, 0.717) is 11.9 Å². The van der Waals surface area contributed by atoms with E-state index in [1.807, 2.05) is 0 Å². The lowest BCUT2D eigenvalue weighted by molar-refractivity contribution is 0.305. The standard InChI is InChI=1S/C16H19N5S/c17-14-19-15(18)21(16(20-14)7-2-1-3-8-16)12-5-4-11-6-9-22-13(11)10-12/h4-6,9-10H,1-3,7-8H2,(H4,17,18,19,20). The van der Waals surface area contributed by atoms with Crippen molar-refractivity contribution in [2.45, 2.75) is 37.8 Å².